The van der Waals surface area contributed by atoms with Gasteiger partial charge in [-0.3, -0.25) is 0 Å². The fourth-order valence-corrected chi connectivity index (χ4v) is 3.03. The smallest absolute Gasteiger partial charge is 0.216 e. The Bertz CT molecular complexity index is 286. The number of nitrogens with zero attached hydrogens (tertiary/aromatic N) is 1. The van der Waals surface area contributed by atoms with Gasteiger partial charge < -0.3 is 10.2 Å². The Morgan fingerprint density at radius 1 is 1.50 bits per heavy atom. The zero-order chi connectivity index (χ0) is 10.8. The molecule has 0 amide bonds. The van der Waals surface area contributed by atoms with Gasteiger partial charge in [0.05, 0.1) is 18.0 Å². The quantitative estimate of drug-likeness (QED) is 0.653. The molecule has 1 heterocycles. The summed E-state index contributed by atoms with van der Waals surface area (Å²) in [5, 5.41) is 18.3. The summed E-state index contributed by atoms with van der Waals surface area (Å²) in [5.41, 5.74) is -0.930. The Morgan fingerprint density at radius 3 is 2.64 bits per heavy atom. The van der Waals surface area contributed by atoms with Gasteiger partial charge in [-0.05, 0) is 19.8 Å². The molecule has 0 aromatic carbocycles. The summed E-state index contributed by atoms with van der Waals surface area (Å²) in [4.78, 5) is 0. The third-order valence-electron chi connectivity index (χ3n) is 2.38. The van der Waals surface area contributed by atoms with E-state index >= 15 is 0 Å². The molecule has 0 aliphatic carbocycles. The number of piperidine rings is 1. The monoisotopic (exact) mass is 223 g/mol. The Hall–Kier alpha value is -0.170. The van der Waals surface area contributed by atoms with Crippen LogP contribution in [0.4, 0.5) is 0 Å². The van der Waals surface area contributed by atoms with Crippen molar-refractivity contribution >= 4 is 10.0 Å². The van der Waals surface area contributed by atoms with Crippen molar-refractivity contribution in [2.24, 2.45) is 0 Å². The molecule has 1 aliphatic rings. The van der Waals surface area contributed by atoms with Gasteiger partial charge in [-0.15, -0.1) is 0 Å². The number of hydrogen-bond donors (Lipinski definition) is 2. The van der Waals surface area contributed by atoms with E-state index in [1.807, 2.05) is 0 Å². The van der Waals surface area contributed by atoms with E-state index < -0.39 is 15.6 Å². The zero-order valence-electron chi connectivity index (χ0n) is 8.31. The van der Waals surface area contributed by atoms with Gasteiger partial charge in [0.15, 0.2) is 0 Å². The van der Waals surface area contributed by atoms with Crippen molar-refractivity contribution in [1.82, 2.24) is 4.31 Å². The summed E-state index contributed by atoms with van der Waals surface area (Å²) in [6.45, 7) is 1.84. The fourth-order valence-electron chi connectivity index (χ4n) is 1.66. The van der Waals surface area contributed by atoms with Gasteiger partial charge in [-0.25, -0.2) is 8.42 Å². The fraction of sp³-hybridized carbons (Fsp3) is 1.00. The minimum atomic E-state index is -3.38. The molecule has 0 spiro atoms. The highest BCUT2D eigenvalue weighted by Crippen LogP contribution is 2.22. The minimum Gasteiger partial charge on any atom is -0.395 e. The van der Waals surface area contributed by atoms with Crippen LogP contribution in [0.1, 0.15) is 19.8 Å². The minimum absolute atomic E-state index is 0.134. The van der Waals surface area contributed by atoms with Crippen molar-refractivity contribution in [1.29, 1.82) is 0 Å². The SMILES string of the molecule is CC1(O)CCCN(S(=O)(=O)CCO)C1. The first-order valence-electron chi connectivity index (χ1n) is 4.68. The van der Waals surface area contributed by atoms with E-state index in [0.29, 0.717) is 19.4 Å². The average molecular weight is 223 g/mol. The molecule has 0 bridgehead atoms. The third-order valence-corrected chi connectivity index (χ3v) is 4.18. The Morgan fingerprint density at radius 2 is 2.14 bits per heavy atom. The topological polar surface area (TPSA) is 77.8 Å². The molecule has 1 fully saturated rings. The molecule has 0 aromatic rings. The zero-order valence-corrected chi connectivity index (χ0v) is 9.13. The standard InChI is InChI=1S/C8H17NO4S/c1-8(11)3-2-4-9(7-8)14(12,13)6-5-10/h10-11H,2-7H2,1H3. The lowest BCUT2D eigenvalue weighted by molar-refractivity contribution is 0.00931. The van der Waals surface area contributed by atoms with Crippen LogP contribution in [0.15, 0.2) is 0 Å². The number of rotatable bonds is 3. The molecule has 14 heavy (non-hydrogen) atoms. The molecule has 1 aliphatic heterocycles. The van der Waals surface area contributed by atoms with E-state index in [1.54, 1.807) is 6.92 Å². The molecule has 1 unspecified atom stereocenters. The second kappa shape index (κ2) is 4.14. The molecule has 1 rings (SSSR count). The highest BCUT2D eigenvalue weighted by Gasteiger charge is 2.34. The molecule has 1 saturated heterocycles. The first-order valence-corrected chi connectivity index (χ1v) is 6.29. The van der Waals surface area contributed by atoms with E-state index in [1.165, 1.54) is 4.31 Å². The van der Waals surface area contributed by atoms with Crippen LogP contribution in [0.2, 0.25) is 0 Å². The summed E-state index contributed by atoms with van der Waals surface area (Å²) in [6.07, 6.45) is 1.29. The predicted octanol–water partition coefficient (Wildman–Crippen LogP) is -0.845. The molecule has 0 aromatic heterocycles. The van der Waals surface area contributed by atoms with E-state index in [4.69, 9.17) is 5.11 Å². The Labute approximate surface area is 84.4 Å². The first-order chi connectivity index (χ1) is 6.37. The largest absolute Gasteiger partial charge is 0.395 e. The Kier molecular flexibility index (Phi) is 3.52. The summed E-state index contributed by atoms with van der Waals surface area (Å²) in [5.74, 6) is -0.261. The van der Waals surface area contributed by atoms with Crippen LogP contribution in [-0.2, 0) is 10.0 Å². The molecule has 6 heteroatoms. The lowest BCUT2D eigenvalue weighted by Crippen LogP contribution is -2.49. The van der Waals surface area contributed by atoms with Crippen molar-refractivity contribution in [3.8, 4) is 0 Å². The first kappa shape index (κ1) is 11.9. The molecule has 84 valence electrons. The van der Waals surface area contributed by atoms with E-state index in [2.05, 4.69) is 0 Å². The number of β-amino-alcohol motifs (C(OH)–C–C–N with tert-alkyl or cyclic N) is 1. The van der Waals surface area contributed by atoms with Crippen LogP contribution in [0.5, 0.6) is 0 Å². The van der Waals surface area contributed by atoms with Crippen molar-refractivity contribution in [2.75, 3.05) is 25.4 Å². The van der Waals surface area contributed by atoms with E-state index in [0.717, 1.165) is 0 Å². The highest BCUT2D eigenvalue weighted by molar-refractivity contribution is 7.89. The predicted molar refractivity (Wildman–Crippen MR) is 52.3 cm³/mol. The third kappa shape index (κ3) is 2.91. The van der Waals surface area contributed by atoms with Gasteiger partial charge in [0, 0.05) is 13.1 Å². The average Bonchev–Trinajstić information content (AvgIpc) is 2.02. The molecule has 5 nitrogen and oxygen atoms in total. The van der Waals surface area contributed by atoms with Crippen molar-refractivity contribution in [3.63, 3.8) is 0 Å². The van der Waals surface area contributed by atoms with Crippen LogP contribution in [0.25, 0.3) is 0 Å². The lowest BCUT2D eigenvalue weighted by atomic mass is 9.97. The maximum Gasteiger partial charge on any atom is 0.216 e. The molecule has 1 atom stereocenters. The van der Waals surface area contributed by atoms with E-state index in [9.17, 15) is 13.5 Å². The maximum atomic E-state index is 11.5. The van der Waals surface area contributed by atoms with Gasteiger partial charge in [-0.2, -0.15) is 4.31 Å². The van der Waals surface area contributed by atoms with Crippen molar-refractivity contribution in [3.05, 3.63) is 0 Å². The summed E-state index contributed by atoms with van der Waals surface area (Å²) in [6, 6.07) is 0. The highest BCUT2D eigenvalue weighted by atomic mass is 32.2. The normalized spacial score (nSPS) is 30.5. The van der Waals surface area contributed by atoms with Crippen molar-refractivity contribution < 1.29 is 18.6 Å². The number of hydrogen-bond acceptors (Lipinski definition) is 4. The maximum absolute atomic E-state index is 11.5. The van der Waals surface area contributed by atoms with Gasteiger partial charge in [-0.1, -0.05) is 0 Å². The molecule has 2 N–H and O–H groups in total. The second-order valence-electron chi connectivity index (χ2n) is 3.97. The van der Waals surface area contributed by atoms with E-state index in [-0.39, 0.29) is 18.9 Å². The molecule has 0 saturated carbocycles. The molecular formula is C8H17NO4S. The number of aliphatic hydroxyl groups is 2. The van der Waals surface area contributed by atoms with Crippen molar-refractivity contribution in [2.45, 2.75) is 25.4 Å². The number of aliphatic hydroxyl groups excluding tert-OH is 1. The van der Waals surface area contributed by atoms with Crippen LogP contribution >= 0.6 is 0 Å². The second-order valence-corrected chi connectivity index (χ2v) is 6.06. The number of sulfonamides is 1. The van der Waals surface area contributed by atoms with Gasteiger partial charge in [0.1, 0.15) is 0 Å². The van der Waals surface area contributed by atoms with Gasteiger partial charge in [0.2, 0.25) is 10.0 Å². The summed E-state index contributed by atoms with van der Waals surface area (Å²) in [7, 11) is -3.38. The summed E-state index contributed by atoms with van der Waals surface area (Å²) < 4.78 is 24.3. The molecular weight excluding hydrogens is 206 g/mol. The summed E-state index contributed by atoms with van der Waals surface area (Å²) >= 11 is 0. The van der Waals surface area contributed by atoms with Crippen LogP contribution < -0.4 is 0 Å². The van der Waals surface area contributed by atoms with Crippen LogP contribution in [0.3, 0.4) is 0 Å². The Balaban J connectivity index is 2.69. The molecule has 0 radical (unpaired) electrons. The lowest BCUT2D eigenvalue weighted by Gasteiger charge is -2.35. The van der Waals surface area contributed by atoms with Crippen LogP contribution in [-0.4, -0.2) is 54.0 Å². The van der Waals surface area contributed by atoms with Gasteiger partial charge >= 0.3 is 0 Å². The van der Waals surface area contributed by atoms with Crippen LogP contribution in [0, 0.1) is 0 Å². The van der Waals surface area contributed by atoms with Gasteiger partial charge in [0.25, 0.3) is 0 Å².